The molecule has 1 rings (SSSR count). The lowest BCUT2D eigenvalue weighted by molar-refractivity contribution is -0.146. The van der Waals surface area contributed by atoms with Gasteiger partial charge in [-0.3, -0.25) is 14.6 Å². The molecule has 1 aliphatic rings. The molecule has 1 heterocycles. The first-order valence-electron chi connectivity index (χ1n) is 5.00. The van der Waals surface area contributed by atoms with Crippen molar-refractivity contribution in [2.75, 3.05) is 26.7 Å². The predicted molar refractivity (Wildman–Crippen MR) is 55.4 cm³/mol. The van der Waals surface area contributed by atoms with Crippen molar-refractivity contribution in [1.29, 1.82) is 0 Å². The molecule has 0 saturated carbocycles. The van der Waals surface area contributed by atoms with Crippen LogP contribution in [0.4, 0.5) is 0 Å². The third-order valence-corrected chi connectivity index (χ3v) is 2.88. The highest BCUT2D eigenvalue weighted by Crippen LogP contribution is 2.18. The summed E-state index contributed by atoms with van der Waals surface area (Å²) < 4.78 is 0. The molecule has 0 amide bonds. The number of carbonyl (C=O) groups is 1. The molecular weight excluding hydrogens is 180 g/mol. The lowest BCUT2D eigenvalue weighted by Crippen LogP contribution is -2.59. The van der Waals surface area contributed by atoms with Crippen LogP contribution in [0.5, 0.6) is 0 Å². The number of carboxylic acids is 1. The zero-order chi connectivity index (χ0) is 10.9. The molecule has 0 bridgehead atoms. The highest BCUT2D eigenvalue weighted by Gasteiger charge is 2.34. The molecule has 0 aromatic rings. The standard InChI is InChI=1S/C10H20N2O2/c1-10(2,3)12-6-5-11(4)8(7-12)9(13)14/h8H,5-7H2,1-4H3,(H,13,14). The highest BCUT2D eigenvalue weighted by atomic mass is 16.4. The zero-order valence-corrected chi connectivity index (χ0v) is 9.45. The zero-order valence-electron chi connectivity index (χ0n) is 9.45. The number of aliphatic carboxylic acids is 1. The maximum Gasteiger partial charge on any atom is 0.322 e. The van der Waals surface area contributed by atoms with Crippen molar-refractivity contribution in [2.24, 2.45) is 0 Å². The summed E-state index contributed by atoms with van der Waals surface area (Å²) in [5, 5.41) is 9.02. The van der Waals surface area contributed by atoms with E-state index >= 15 is 0 Å². The summed E-state index contributed by atoms with van der Waals surface area (Å²) >= 11 is 0. The second kappa shape index (κ2) is 3.87. The SMILES string of the molecule is CN1CCN(C(C)(C)C)CC1C(=O)O. The fourth-order valence-electron chi connectivity index (χ4n) is 1.75. The van der Waals surface area contributed by atoms with Crippen LogP contribution in [0.1, 0.15) is 20.8 Å². The quantitative estimate of drug-likeness (QED) is 0.669. The second-order valence-electron chi connectivity index (χ2n) is 4.95. The van der Waals surface area contributed by atoms with Crippen LogP contribution in [0, 0.1) is 0 Å². The summed E-state index contributed by atoms with van der Waals surface area (Å²) in [6.07, 6.45) is 0. The van der Waals surface area contributed by atoms with Gasteiger partial charge >= 0.3 is 5.97 Å². The molecule has 14 heavy (non-hydrogen) atoms. The molecule has 0 aromatic heterocycles. The Morgan fingerprint density at radius 3 is 2.36 bits per heavy atom. The number of hydrogen-bond donors (Lipinski definition) is 1. The summed E-state index contributed by atoms with van der Waals surface area (Å²) in [6.45, 7) is 8.76. The molecule has 1 N–H and O–H groups in total. The maximum absolute atomic E-state index is 11.0. The lowest BCUT2D eigenvalue weighted by Gasteiger charge is -2.44. The van der Waals surface area contributed by atoms with Crippen molar-refractivity contribution in [2.45, 2.75) is 32.4 Å². The largest absolute Gasteiger partial charge is 0.480 e. The number of carboxylic acid groups (broad SMARTS) is 1. The van der Waals surface area contributed by atoms with E-state index in [2.05, 4.69) is 25.7 Å². The number of nitrogens with zero attached hydrogens (tertiary/aromatic N) is 2. The van der Waals surface area contributed by atoms with E-state index in [-0.39, 0.29) is 11.6 Å². The molecule has 0 aliphatic carbocycles. The van der Waals surface area contributed by atoms with Crippen molar-refractivity contribution < 1.29 is 9.90 Å². The smallest absolute Gasteiger partial charge is 0.322 e. The van der Waals surface area contributed by atoms with E-state index in [1.807, 2.05) is 11.9 Å². The lowest BCUT2D eigenvalue weighted by atomic mass is 10.0. The van der Waals surface area contributed by atoms with E-state index in [0.717, 1.165) is 13.1 Å². The Balaban J connectivity index is 2.67. The Labute approximate surface area is 85.5 Å². The van der Waals surface area contributed by atoms with Crippen LogP contribution in [-0.2, 0) is 4.79 Å². The molecule has 1 unspecified atom stereocenters. The average molecular weight is 200 g/mol. The molecule has 0 spiro atoms. The van der Waals surface area contributed by atoms with Gasteiger partial charge in [0.05, 0.1) is 0 Å². The van der Waals surface area contributed by atoms with Gasteiger partial charge in [0.2, 0.25) is 0 Å². The molecule has 82 valence electrons. The Morgan fingerprint density at radius 1 is 1.36 bits per heavy atom. The maximum atomic E-state index is 11.0. The van der Waals surface area contributed by atoms with Crippen molar-refractivity contribution in [3.63, 3.8) is 0 Å². The number of hydrogen-bond acceptors (Lipinski definition) is 3. The molecule has 4 heteroatoms. The van der Waals surface area contributed by atoms with E-state index in [4.69, 9.17) is 5.11 Å². The van der Waals surface area contributed by atoms with Crippen LogP contribution in [0.15, 0.2) is 0 Å². The van der Waals surface area contributed by atoms with Gasteiger partial charge in [-0.05, 0) is 27.8 Å². The fourth-order valence-corrected chi connectivity index (χ4v) is 1.75. The van der Waals surface area contributed by atoms with Crippen LogP contribution in [-0.4, -0.2) is 59.1 Å². The molecule has 1 fully saturated rings. The molecule has 1 aliphatic heterocycles. The van der Waals surface area contributed by atoms with Gasteiger partial charge < -0.3 is 5.11 Å². The van der Waals surface area contributed by atoms with Gasteiger partial charge in [0.15, 0.2) is 0 Å². The summed E-state index contributed by atoms with van der Waals surface area (Å²) in [4.78, 5) is 15.1. The van der Waals surface area contributed by atoms with Crippen LogP contribution >= 0.6 is 0 Å². The Morgan fingerprint density at radius 2 is 1.93 bits per heavy atom. The van der Waals surface area contributed by atoms with E-state index in [1.54, 1.807) is 0 Å². The Bertz CT molecular complexity index is 223. The predicted octanol–water partition coefficient (Wildman–Crippen LogP) is 0.485. The number of rotatable bonds is 1. The van der Waals surface area contributed by atoms with E-state index in [0.29, 0.717) is 6.54 Å². The molecule has 0 radical (unpaired) electrons. The first-order chi connectivity index (χ1) is 6.32. The van der Waals surface area contributed by atoms with E-state index in [9.17, 15) is 4.79 Å². The molecule has 4 nitrogen and oxygen atoms in total. The van der Waals surface area contributed by atoms with Gasteiger partial charge in [0.1, 0.15) is 6.04 Å². The normalized spacial score (nSPS) is 26.4. The highest BCUT2D eigenvalue weighted by molar-refractivity contribution is 5.73. The summed E-state index contributed by atoms with van der Waals surface area (Å²) in [5.41, 5.74) is 0.0644. The van der Waals surface area contributed by atoms with Crippen LogP contribution in [0.3, 0.4) is 0 Å². The molecule has 1 saturated heterocycles. The van der Waals surface area contributed by atoms with Gasteiger partial charge in [-0.1, -0.05) is 0 Å². The minimum Gasteiger partial charge on any atom is -0.480 e. The van der Waals surface area contributed by atoms with Crippen molar-refractivity contribution >= 4 is 5.97 Å². The van der Waals surface area contributed by atoms with E-state index in [1.165, 1.54) is 0 Å². The molecule has 0 aromatic carbocycles. The minimum absolute atomic E-state index is 0.0644. The monoisotopic (exact) mass is 200 g/mol. The summed E-state index contributed by atoms with van der Waals surface area (Å²) in [5.74, 6) is -0.721. The minimum atomic E-state index is -0.721. The van der Waals surface area contributed by atoms with Crippen LogP contribution < -0.4 is 0 Å². The summed E-state index contributed by atoms with van der Waals surface area (Å²) in [6, 6.07) is -0.358. The van der Waals surface area contributed by atoms with Gasteiger partial charge in [-0.25, -0.2) is 0 Å². The topological polar surface area (TPSA) is 43.8 Å². The fraction of sp³-hybridized carbons (Fsp3) is 0.900. The van der Waals surface area contributed by atoms with Gasteiger partial charge in [-0.2, -0.15) is 0 Å². The third kappa shape index (κ3) is 2.45. The summed E-state index contributed by atoms with van der Waals surface area (Å²) in [7, 11) is 1.87. The van der Waals surface area contributed by atoms with Crippen LogP contribution in [0.2, 0.25) is 0 Å². The van der Waals surface area contributed by atoms with Gasteiger partial charge in [0.25, 0.3) is 0 Å². The van der Waals surface area contributed by atoms with Crippen molar-refractivity contribution in [3.8, 4) is 0 Å². The van der Waals surface area contributed by atoms with Crippen molar-refractivity contribution in [1.82, 2.24) is 9.80 Å². The number of likely N-dealkylation sites (N-methyl/N-ethyl adjacent to an activating group) is 1. The van der Waals surface area contributed by atoms with E-state index < -0.39 is 5.97 Å². The van der Waals surface area contributed by atoms with Gasteiger partial charge in [0, 0.05) is 25.2 Å². The Hall–Kier alpha value is -0.610. The molecule has 1 atom stereocenters. The molecular formula is C10H20N2O2. The first kappa shape index (κ1) is 11.5. The van der Waals surface area contributed by atoms with Crippen LogP contribution in [0.25, 0.3) is 0 Å². The Kier molecular flexibility index (Phi) is 3.17. The first-order valence-corrected chi connectivity index (χ1v) is 5.00. The average Bonchev–Trinajstić information content (AvgIpc) is 2.02. The van der Waals surface area contributed by atoms with Gasteiger partial charge in [-0.15, -0.1) is 0 Å². The van der Waals surface area contributed by atoms with Crippen molar-refractivity contribution in [3.05, 3.63) is 0 Å². The number of piperazine rings is 1. The third-order valence-electron chi connectivity index (χ3n) is 2.88. The second-order valence-corrected chi connectivity index (χ2v) is 4.95.